The summed E-state index contributed by atoms with van der Waals surface area (Å²) < 4.78 is 10.7. The topological polar surface area (TPSA) is 84.6 Å². The van der Waals surface area contributed by atoms with Crippen LogP contribution in [0.5, 0.6) is 0 Å². The molecular weight excluding hydrogens is 326 g/mol. The zero-order valence-electron chi connectivity index (χ0n) is 14.6. The van der Waals surface area contributed by atoms with Crippen molar-refractivity contribution in [3.05, 3.63) is 33.6 Å². The van der Waals surface area contributed by atoms with Crippen LogP contribution in [0.2, 0.25) is 0 Å². The van der Waals surface area contributed by atoms with Gasteiger partial charge in [0.2, 0.25) is 5.89 Å². The lowest BCUT2D eigenvalue weighted by Crippen LogP contribution is -2.36. The molecule has 2 aromatic rings. The summed E-state index contributed by atoms with van der Waals surface area (Å²) in [5.74, 6) is 1.75. The first-order valence-electron chi connectivity index (χ1n) is 8.12. The highest BCUT2D eigenvalue weighted by molar-refractivity contribution is 7.11. The number of nitrogens with zero attached hydrogens (tertiary/aromatic N) is 3. The normalized spacial score (nSPS) is 13.1. The number of aryl methyl sites for hydroxylation is 1. The third-order valence-corrected chi connectivity index (χ3v) is 4.62. The number of aliphatic imine (C=N–C) groups is 1. The van der Waals surface area contributed by atoms with Gasteiger partial charge >= 0.3 is 0 Å². The van der Waals surface area contributed by atoms with Crippen molar-refractivity contribution < 1.29 is 9.26 Å². The molecule has 8 heteroatoms. The zero-order chi connectivity index (χ0) is 17.4. The maximum Gasteiger partial charge on any atom is 0.246 e. The van der Waals surface area contributed by atoms with Crippen molar-refractivity contribution in [3.63, 3.8) is 0 Å². The molecule has 0 amide bonds. The van der Waals surface area contributed by atoms with Crippen molar-refractivity contribution in [1.82, 2.24) is 20.8 Å². The summed E-state index contributed by atoms with van der Waals surface area (Å²) in [4.78, 5) is 11.2. The van der Waals surface area contributed by atoms with E-state index in [2.05, 4.69) is 44.8 Å². The summed E-state index contributed by atoms with van der Waals surface area (Å²) in [7, 11) is 1.73. The standard InChI is InChI=1S/C16H25N5O2S/c1-5-12-7-8-13(24-12)9-18-16(17-4)19-10-14-20-15(21-23-14)11(3)22-6-2/h7-8,11H,5-6,9-10H2,1-4H3,(H2,17,18,19). The molecule has 2 N–H and O–H groups in total. The quantitative estimate of drug-likeness (QED) is 0.562. The van der Waals surface area contributed by atoms with Gasteiger partial charge in [-0.15, -0.1) is 11.3 Å². The maximum absolute atomic E-state index is 5.45. The number of ether oxygens (including phenoxy) is 1. The van der Waals surface area contributed by atoms with E-state index in [0.717, 1.165) is 13.0 Å². The van der Waals surface area contributed by atoms with Crippen LogP contribution < -0.4 is 10.6 Å². The van der Waals surface area contributed by atoms with Crippen LogP contribution >= 0.6 is 11.3 Å². The van der Waals surface area contributed by atoms with Crippen LogP contribution in [0.3, 0.4) is 0 Å². The largest absolute Gasteiger partial charge is 0.371 e. The van der Waals surface area contributed by atoms with Crippen molar-refractivity contribution in [2.45, 2.75) is 46.4 Å². The lowest BCUT2D eigenvalue weighted by molar-refractivity contribution is 0.0683. The Kier molecular flexibility index (Phi) is 7.20. The molecule has 2 aromatic heterocycles. The second kappa shape index (κ2) is 9.39. The molecule has 0 saturated carbocycles. The fourth-order valence-electron chi connectivity index (χ4n) is 2.09. The van der Waals surface area contributed by atoms with Crippen LogP contribution in [0.15, 0.2) is 21.6 Å². The number of rotatable bonds is 8. The van der Waals surface area contributed by atoms with Crippen molar-refractivity contribution in [1.29, 1.82) is 0 Å². The minimum atomic E-state index is -0.170. The molecule has 2 heterocycles. The molecule has 1 unspecified atom stereocenters. The van der Waals surface area contributed by atoms with E-state index in [1.54, 1.807) is 7.05 Å². The van der Waals surface area contributed by atoms with E-state index in [-0.39, 0.29) is 6.10 Å². The molecule has 1 atom stereocenters. The molecular formula is C16H25N5O2S. The molecule has 132 valence electrons. The number of thiophene rings is 1. The van der Waals surface area contributed by atoms with Gasteiger partial charge in [-0.3, -0.25) is 4.99 Å². The zero-order valence-corrected chi connectivity index (χ0v) is 15.4. The first kappa shape index (κ1) is 18.4. The van der Waals surface area contributed by atoms with E-state index in [1.807, 2.05) is 25.2 Å². The van der Waals surface area contributed by atoms with Gasteiger partial charge < -0.3 is 19.9 Å². The van der Waals surface area contributed by atoms with Crippen LogP contribution in [0.4, 0.5) is 0 Å². The molecule has 0 spiro atoms. The third kappa shape index (κ3) is 5.31. The minimum Gasteiger partial charge on any atom is -0.371 e. The number of hydrogen-bond acceptors (Lipinski definition) is 6. The number of nitrogens with one attached hydrogen (secondary N) is 2. The van der Waals surface area contributed by atoms with E-state index in [9.17, 15) is 0 Å². The van der Waals surface area contributed by atoms with Gasteiger partial charge in [-0.1, -0.05) is 12.1 Å². The fraction of sp³-hybridized carbons (Fsp3) is 0.562. The van der Waals surface area contributed by atoms with Crippen LogP contribution in [0, 0.1) is 0 Å². The van der Waals surface area contributed by atoms with E-state index in [1.165, 1.54) is 9.75 Å². The monoisotopic (exact) mass is 351 g/mol. The van der Waals surface area contributed by atoms with E-state index < -0.39 is 0 Å². The Morgan fingerprint density at radius 1 is 1.29 bits per heavy atom. The first-order chi connectivity index (χ1) is 11.7. The number of aromatic nitrogens is 2. The van der Waals surface area contributed by atoms with Gasteiger partial charge in [-0.25, -0.2) is 0 Å². The van der Waals surface area contributed by atoms with Gasteiger partial charge in [0.05, 0.1) is 13.1 Å². The molecule has 0 fully saturated rings. The SMILES string of the molecule is CCOC(C)c1noc(CNC(=NC)NCc2ccc(CC)s2)n1. The van der Waals surface area contributed by atoms with Crippen molar-refractivity contribution >= 4 is 17.3 Å². The Balaban J connectivity index is 1.81. The molecule has 2 rings (SSSR count). The summed E-state index contributed by atoms with van der Waals surface area (Å²) in [6.07, 6.45) is 0.897. The second-order valence-electron chi connectivity index (χ2n) is 5.14. The van der Waals surface area contributed by atoms with Crippen LogP contribution in [0.25, 0.3) is 0 Å². The molecule has 0 aromatic carbocycles. The fourth-order valence-corrected chi connectivity index (χ4v) is 2.99. The Morgan fingerprint density at radius 3 is 2.71 bits per heavy atom. The average Bonchev–Trinajstić information content (AvgIpc) is 3.24. The molecule has 7 nitrogen and oxygen atoms in total. The first-order valence-corrected chi connectivity index (χ1v) is 8.94. The molecule has 0 aliphatic carbocycles. The summed E-state index contributed by atoms with van der Waals surface area (Å²) in [6, 6.07) is 4.31. The highest BCUT2D eigenvalue weighted by atomic mass is 32.1. The number of guanidine groups is 1. The van der Waals surface area contributed by atoms with Gasteiger partial charge in [0.25, 0.3) is 0 Å². The molecule has 0 radical (unpaired) electrons. The highest BCUT2D eigenvalue weighted by Gasteiger charge is 2.13. The van der Waals surface area contributed by atoms with Crippen molar-refractivity contribution in [2.75, 3.05) is 13.7 Å². The molecule has 0 aliphatic heterocycles. The number of hydrogen-bond donors (Lipinski definition) is 2. The summed E-state index contributed by atoms with van der Waals surface area (Å²) >= 11 is 1.81. The average molecular weight is 351 g/mol. The van der Waals surface area contributed by atoms with Gasteiger partial charge in [-0.2, -0.15) is 4.98 Å². The van der Waals surface area contributed by atoms with Crippen molar-refractivity contribution in [2.24, 2.45) is 4.99 Å². The van der Waals surface area contributed by atoms with Crippen LogP contribution in [-0.4, -0.2) is 29.8 Å². The van der Waals surface area contributed by atoms with Gasteiger partial charge in [0, 0.05) is 23.4 Å². The summed E-state index contributed by atoms with van der Waals surface area (Å²) in [6.45, 7) is 7.76. The summed E-state index contributed by atoms with van der Waals surface area (Å²) in [5.41, 5.74) is 0. The maximum atomic E-state index is 5.45. The lowest BCUT2D eigenvalue weighted by atomic mass is 10.4. The van der Waals surface area contributed by atoms with Gasteiger partial charge in [0.15, 0.2) is 11.8 Å². The van der Waals surface area contributed by atoms with E-state index in [0.29, 0.717) is 30.8 Å². The second-order valence-corrected chi connectivity index (χ2v) is 6.40. The third-order valence-electron chi connectivity index (χ3n) is 3.39. The Morgan fingerprint density at radius 2 is 2.04 bits per heavy atom. The molecule has 0 bridgehead atoms. The van der Waals surface area contributed by atoms with E-state index >= 15 is 0 Å². The highest BCUT2D eigenvalue weighted by Crippen LogP contribution is 2.16. The Bertz CT molecular complexity index is 652. The molecule has 0 aliphatic rings. The molecule has 24 heavy (non-hydrogen) atoms. The predicted octanol–water partition coefficient (Wildman–Crippen LogP) is 2.66. The Labute approximate surface area is 146 Å². The van der Waals surface area contributed by atoms with Gasteiger partial charge in [-0.05, 0) is 32.4 Å². The summed E-state index contributed by atoms with van der Waals surface area (Å²) in [5, 5.41) is 10.4. The van der Waals surface area contributed by atoms with E-state index in [4.69, 9.17) is 9.26 Å². The Hall–Kier alpha value is -1.93. The van der Waals surface area contributed by atoms with Crippen LogP contribution in [0.1, 0.15) is 48.3 Å². The van der Waals surface area contributed by atoms with Crippen molar-refractivity contribution in [3.8, 4) is 0 Å². The van der Waals surface area contributed by atoms with Crippen LogP contribution in [-0.2, 0) is 24.2 Å². The smallest absolute Gasteiger partial charge is 0.246 e. The minimum absolute atomic E-state index is 0.170. The molecule has 0 saturated heterocycles. The van der Waals surface area contributed by atoms with Gasteiger partial charge in [0.1, 0.15) is 6.10 Å². The lowest BCUT2D eigenvalue weighted by Gasteiger charge is -2.09. The predicted molar refractivity (Wildman–Crippen MR) is 95.1 cm³/mol.